The fourth-order valence-corrected chi connectivity index (χ4v) is 3.51. The Morgan fingerprint density at radius 3 is 2.96 bits per heavy atom. The molecular formula is C18H18ClN5O. The molecule has 1 atom stereocenters. The minimum atomic E-state index is -0.129. The summed E-state index contributed by atoms with van der Waals surface area (Å²) in [5, 5.41) is 3.42. The number of para-hydroxylation sites is 1. The summed E-state index contributed by atoms with van der Waals surface area (Å²) in [5.74, 6) is 1.21. The topological polar surface area (TPSA) is 63.1 Å². The van der Waals surface area contributed by atoms with Crippen LogP contribution in [-0.4, -0.2) is 38.6 Å². The number of hydrogen-bond acceptors (Lipinski definition) is 3. The molecule has 1 aromatic carbocycles. The number of anilines is 1. The number of carbonyl (C=O) groups excluding carboxylic acids is 1. The van der Waals surface area contributed by atoms with Crippen LogP contribution in [0, 0.1) is 0 Å². The molecule has 1 fully saturated rings. The molecule has 25 heavy (non-hydrogen) atoms. The highest BCUT2D eigenvalue weighted by atomic mass is 35.5. The van der Waals surface area contributed by atoms with Crippen molar-refractivity contribution in [3.8, 4) is 0 Å². The van der Waals surface area contributed by atoms with E-state index in [4.69, 9.17) is 16.6 Å². The molecule has 128 valence electrons. The second-order valence-corrected chi connectivity index (χ2v) is 6.64. The molecular weight excluding hydrogens is 338 g/mol. The van der Waals surface area contributed by atoms with Gasteiger partial charge < -0.3 is 14.8 Å². The molecule has 0 spiro atoms. The average Bonchev–Trinajstić information content (AvgIpc) is 3.22. The zero-order valence-corrected chi connectivity index (χ0v) is 14.6. The Balaban J connectivity index is 1.50. The normalized spacial score (nSPS) is 17.2. The van der Waals surface area contributed by atoms with Crippen molar-refractivity contribution in [1.82, 2.24) is 19.4 Å². The molecule has 0 unspecified atom stereocenters. The summed E-state index contributed by atoms with van der Waals surface area (Å²) >= 11 is 6.11. The zero-order chi connectivity index (χ0) is 17.4. The van der Waals surface area contributed by atoms with E-state index in [0.29, 0.717) is 23.8 Å². The smallest absolute Gasteiger partial charge is 0.321 e. The number of fused-ring (bicyclic) bond motifs is 1. The van der Waals surface area contributed by atoms with Crippen molar-refractivity contribution < 1.29 is 4.79 Å². The van der Waals surface area contributed by atoms with Gasteiger partial charge in [0.25, 0.3) is 0 Å². The van der Waals surface area contributed by atoms with Crippen LogP contribution in [-0.2, 0) is 7.05 Å². The Morgan fingerprint density at radius 2 is 2.16 bits per heavy atom. The predicted molar refractivity (Wildman–Crippen MR) is 97.9 cm³/mol. The van der Waals surface area contributed by atoms with Gasteiger partial charge in [0.05, 0.1) is 27.9 Å². The third kappa shape index (κ3) is 2.93. The SMILES string of the molecule is Cn1c([C@@H]2CCN(C(=O)Nc3ccccc3Cl)C2)nc2ccncc21. The van der Waals surface area contributed by atoms with Crippen molar-refractivity contribution in [2.45, 2.75) is 12.3 Å². The van der Waals surface area contributed by atoms with Crippen LogP contribution < -0.4 is 5.32 Å². The van der Waals surface area contributed by atoms with Crippen LogP contribution in [0.5, 0.6) is 0 Å². The van der Waals surface area contributed by atoms with Gasteiger partial charge in [0.2, 0.25) is 0 Å². The second kappa shape index (κ2) is 6.37. The van der Waals surface area contributed by atoms with Gasteiger partial charge in [-0.05, 0) is 24.6 Å². The number of imidazole rings is 1. The fourth-order valence-electron chi connectivity index (χ4n) is 3.33. The summed E-state index contributed by atoms with van der Waals surface area (Å²) in [6.45, 7) is 1.34. The number of nitrogens with one attached hydrogen (secondary N) is 1. The Hall–Kier alpha value is -2.60. The Morgan fingerprint density at radius 1 is 1.32 bits per heavy atom. The van der Waals surface area contributed by atoms with E-state index in [0.717, 1.165) is 23.3 Å². The maximum Gasteiger partial charge on any atom is 0.321 e. The van der Waals surface area contributed by atoms with Crippen LogP contribution in [0.2, 0.25) is 5.02 Å². The molecule has 0 saturated carbocycles. The van der Waals surface area contributed by atoms with Gasteiger partial charge in [0.15, 0.2) is 0 Å². The molecule has 1 saturated heterocycles. The van der Waals surface area contributed by atoms with E-state index in [1.807, 2.05) is 36.3 Å². The summed E-state index contributed by atoms with van der Waals surface area (Å²) in [6, 6.07) is 9.03. The lowest BCUT2D eigenvalue weighted by atomic mass is 10.1. The van der Waals surface area contributed by atoms with Gasteiger partial charge in [-0.2, -0.15) is 0 Å². The van der Waals surface area contributed by atoms with Gasteiger partial charge in [-0.3, -0.25) is 4.98 Å². The van der Waals surface area contributed by atoms with E-state index >= 15 is 0 Å². The molecule has 3 aromatic rings. The third-order valence-electron chi connectivity index (χ3n) is 4.67. The minimum Gasteiger partial charge on any atom is -0.330 e. The second-order valence-electron chi connectivity index (χ2n) is 6.24. The van der Waals surface area contributed by atoms with Crippen LogP contribution in [0.1, 0.15) is 18.2 Å². The molecule has 0 aliphatic carbocycles. The van der Waals surface area contributed by atoms with Crippen molar-refractivity contribution >= 4 is 34.4 Å². The van der Waals surface area contributed by atoms with Crippen molar-refractivity contribution in [3.63, 3.8) is 0 Å². The molecule has 2 aromatic heterocycles. The van der Waals surface area contributed by atoms with E-state index in [1.54, 1.807) is 18.3 Å². The minimum absolute atomic E-state index is 0.129. The molecule has 6 nitrogen and oxygen atoms in total. The van der Waals surface area contributed by atoms with Crippen LogP contribution in [0.4, 0.5) is 10.5 Å². The number of rotatable bonds is 2. The number of nitrogens with zero attached hydrogens (tertiary/aromatic N) is 4. The number of benzene rings is 1. The van der Waals surface area contributed by atoms with Crippen molar-refractivity contribution in [2.75, 3.05) is 18.4 Å². The number of aryl methyl sites for hydroxylation is 1. The first kappa shape index (κ1) is 15.9. The van der Waals surface area contributed by atoms with Crippen molar-refractivity contribution in [1.29, 1.82) is 0 Å². The van der Waals surface area contributed by atoms with Crippen LogP contribution >= 0.6 is 11.6 Å². The highest BCUT2D eigenvalue weighted by Gasteiger charge is 2.30. The van der Waals surface area contributed by atoms with Gasteiger partial charge in [-0.15, -0.1) is 0 Å². The number of halogens is 1. The van der Waals surface area contributed by atoms with E-state index < -0.39 is 0 Å². The molecule has 2 amide bonds. The summed E-state index contributed by atoms with van der Waals surface area (Å²) < 4.78 is 2.07. The van der Waals surface area contributed by atoms with Gasteiger partial charge >= 0.3 is 6.03 Å². The van der Waals surface area contributed by atoms with Gasteiger partial charge in [0.1, 0.15) is 5.82 Å². The number of pyridine rings is 1. The first-order valence-corrected chi connectivity index (χ1v) is 8.58. The van der Waals surface area contributed by atoms with Crippen molar-refractivity contribution in [3.05, 3.63) is 53.6 Å². The monoisotopic (exact) mass is 355 g/mol. The highest BCUT2D eigenvalue weighted by molar-refractivity contribution is 6.33. The Kier molecular flexibility index (Phi) is 4.05. The molecule has 4 rings (SSSR count). The molecule has 1 aliphatic heterocycles. The molecule has 3 heterocycles. The quantitative estimate of drug-likeness (QED) is 0.763. The molecule has 1 N–H and O–H groups in total. The average molecular weight is 356 g/mol. The van der Waals surface area contributed by atoms with Gasteiger partial charge in [0, 0.05) is 32.3 Å². The first-order valence-electron chi connectivity index (χ1n) is 8.20. The van der Waals surface area contributed by atoms with Crippen LogP contribution in [0.25, 0.3) is 11.0 Å². The van der Waals surface area contributed by atoms with E-state index in [-0.39, 0.29) is 11.9 Å². The lowest BCUT2D eigenvalue weighted by molar-refractivity contribution is 0.222. The van der Waals surface area contributed by atoms with Gasteiger partial charge in [-0.1, -0.05) is 23.7 Å². The maximum atomic E-state index is 12.5. The number of urea groups is 1. The number of likely N-dealkylation sites (tertiary alicyclic amines) is 1. The predicted octanol–water partition coefficient (Wildman–Crippen LogP) is 3.64. The fraction of sp³-hybridized carbons (Fsp3) is 0.278. The number of carbonyl (C=O) groups is 1. The van der Waals surface area contributed by atoms with E-state index in [2.05, 4.69) is 14.9 Å². The number of aromatic nitrogens is 3. The summed E-state index contributed by atoms with van der Waals surface area (Å²) in [6.07, 6.45) is 4.46. The first-order chi connectivity index (χ1) is 12.1. The molecule has 0 bridgehead atoms. The molecule has 7 heteroatoms. The standard InChI is InChI=1S/C18H18ClN5O/c1-23-16-10-20-8-6-15(16)21-17(23)12-7-9-24(11-12)18(25)22-14-5-3-2-4-13(14)19/h2-6,8,10,12H,7,9,11H2,1H3,(H,22,25)/t12-/m1/s1. The lowest BCUT2D eigenvalue weighted by Gasteiger charge is -2.18. The van der Waals surface area contributed by atoms with E-state index in [9.17, 15) is 4.79 Å². The summed E-state index contributed by atoms with van der Waals surface area (Å²) in [5.41, 5.74) is 2.58. The summed E-state index contributed by atoms with van der Waals surface area (Å²) in [4.78, 5) is 23.2. The molecule has 0 radical (unpaired) electrons. The number of hydrogen-bond donors (Lipinski definition) is 1. The van der Waals surface area contributed by atoms with Crippen LogP contribution in [0.15, 0.2) is 42.7 Å². The zero-order valence-electron chi connectivity index (χ0n) is 13.8. The highest BCUT2D eigenvalue weighted by Crippen LogP contribution is 2.29. The maximum absolute atomic E-state index is 12.5. The largest absolute Gasteiger partial charge is 0.330 e. The Bertz CT molecular complexity index is 938. The third-order valence-corrected chi connectivity index (χ3v) is 5.00. The molecule has 1 aliphatic rings. The van der Waals surface area contributed by atoms with E-state index in [1.165, 1.54) is 0 Å². The van der Waals surface area contributed by atoms with Gasteiger partial charge in [-0.25, -0.2) is 9.78 Å². The Labute approximate surface area is 150 Å². The van der Waals surface area contributed by atoms with Crippen LogP contribution in [0.3, 0.4) is 0 Å². The lowest BCUT2D eigenvalue weighted by Crippen LogP contribution is -2.33. The summed E-state index contributed by atoms with van der Waals surface area (Å²) in [7, 11) is 2.00. The van der Waals surface area contributed by atoms with Crippen molar-refractivity contribution in [2.24, 2.45) is 7.05 Å². The number of amides is 2.